The van der Waals surface area contributed by atoms with Crippen LogP contribution in [0.4, 0.5) is 4.79 Å². The Kier molecular flexibility index (Phi) is 5.64. The number of piperazine rings is 1. The Morgan fingerprint density at radius 1 is 1.04 bits per heavy atom. The predicted molar refractivity (Wildman–Crippen MR) is 89.1 cm³/mol. The summed E-state index contributed by atoms with van der Waals surface area (Å²) < 4.78 is 5.01. The van der Waals surface area contributed by atoms with E-state index in [0.29, 0.717) is 39.2 Å². The highest BCUT2D eigenvalue weighted by atomic mass is 16.6. The van der Waals surface area contributed by atoms with Gasteiger partial charge in [-0.25, -0.2) is 4.79 Å². The van der Waals surface area contributed by atoms with Gasteiger partial charge < -0.3 is 14.5 Å². The first-order valence-electron chi connectivity index (χ1n) is 8.19. The fraction of sp³-hybridized carbons (Fsp3) is 0.556. The minimum absolute atomic E-state index is 0.143. The molecule has 0 bridgehead atoms. The lowest BCUT2D eigenvalue weighted by Crippen LogP contribution is -2.53. The molecule has 0 atom stereocenters. The van der Waals surface area contributed by atoms with Crippen LogP contribution in [-0.2, 0) is 16.0 Å². The van der Waals surface area contributed by atoms with Gasteiger partial charge in [-0.2, -0.15) is 0 Å². The van der Waals surface area contributed by atoms with Crippen LogP contribution in [0.3, 0.4) is 0 Å². The third-order valence-corrected chi connectivity index (χ3v) is 4.16. The van der Waals surface area contributed by atoms with E-state index in [-0.39, 0.29) is 12.0 Å². The van der Waals surface area contributed by atoms with Crippen molar-refractivity contribution in [2.45, 2.75) is 27.2 Å². The maximum Gasteiger partial charge on any atom is 0.409 e. The molecule has 0 aliphatic carbocycles. The third-order valence-electron chi connectivity index (χ3n) is 4.16. The van der Waals surface area contributed by atoms with Crippen LogP contribution in [0.5, 0.6) is 0 Å². The van der Waals surface area contributed by atoms with Crippen molar-refractivity contribution in [3.8, 4) is 0 Å². The van der Waals surface area contributed by atoms with E-state index in [1.807, 2.05) is 49.1 Å². The van der Waals surface area contributed by atoms with Gasteiger partial charge in [-0.3, -0.25) is 4.79 Å². The molecule has 1 fully saturated rings. The molecule has 5 nitrogen and oxygen atoms in total. The van der Waals surface area contributed by atoms with Gasteiger partial charge in [0.25, 0.3) is 0 Å². The summed E-state index contributed by atoms with van der Waals surface area (Å²) in [6, 6.07) is 10.1. The quantitative estimate of drug-likeness (QED) is 0.857. The van der Waals surface area contributed by atoms with E-state index in [2.05, 4.69) is 0 Å². The van der Waals surface area contributed by atoms with Crippen LogP contribution in [-0.4, -0.2) is 54.6 Å². The SMILES string of the molecule is CCOC(=O)N1CCN(C(=O)C(C)(C)Cc2ccccc2)CC1. The Morgan fingerprint density at radius 2 is 1.61 bits per heavy atom. The summed E-state index contributed by atoms with van der Waals surface area (Å²) in [6.07, 6.45) is 0.424. The van der Waals surface area contributed by atoms with Crippen molar-refractivity contribution in [1.82, 2.24) is 9.80 Å². The average Bonchev–Trinajstić information content (AvgIpc) is 2.55. The van der Waals surface area contributed by atoms with Crippen LogP contribution < -0.4 is 0 Å². The molecule has 2 amide bonds. The largest absolute Gasteiger partial charge is 0.450 e. The molecule has 23 heavy (non-hydrogen) atoms. The van der Waals surface area contributed by atoms with E-state index in [1.54, 1.807) is 11.8 Å². The van der Waals surface area contributed by atoms with Crippen LogP contribution in [0.25, 0.3) is 0 Å². The maximum absolute atomic E-state index is 12.8. The number of hydrogen-bond donors (Lipinski definition) is 0. The number of nitrogens with zero attached hydrogens (tertiary/aromatic N) is 2. The first kappa shape index (κ1) is 17.3. The second-order valence-electron chi connectivity index (χ2n) is 6.52. The summed E-state index contributed by atoms with van der Waals surface area (Å²) in [7, 11) is 0. The summed E-state index contributed by atoms with van der Waals surface area (Å²) in [6.45, 7) is 8.34. The van der Waals surface area contributed by atoms with Gasteiger partial charge in [-0.1, -0.05) is 44.2 Å². The van der Waals surface area contributed by atoms with E-state index in [4.69, 9.17) is 4.74 Å². The molecule has 0 spiro atoms. The Bertz CT molecular complexity index is 534. The van der Waals surface area contributed by atoms with Gasteiger partial charge in [-0.15, -0.1) is 0 Å². The zero-order valence-corrected chi connectivity index (χ0v) is 14.2. The third kappa shape index (κ3) is 4.47. The molecule has 0 saturated carbocycles. The van der Waals surface area contributed by atoms with Crippen molar-refractivity contribution in [3.63, 3.8) is 0 Å². The minimum Gasteiger partial charge on any atom is -0.450 e. The highest BCUT2D eigenvalue weighted by molar-refractivity contribution is 5.82. The van der Waals surface area contributed by atoms with Crippen LogP contribution in [0.15, 0.2) is 30.3 Å². The molecule has 1 saturated heterocycles. The molecular formula is C18H26N2O3. The predicted octanol–water partition coefficient (Wildman–Crippen LogP) is 2.56. The molecule has 1 aromatic rings. The lowest BCUT2D eigenvalue weighted by molar-refractivity contribution is -0.142. The molecule has 1 aliphatic rings. The van der Waals surface area contributed by atoms with Gasteiger partial charge in [0, 0.05) is 31.6 Å². The summed E-state index contributed by atoms with van der Waals surface area (Å²) in [5, 5.41) is 0. The number of ether oxygens (including phenoxy) is 1. The fourth-order valence-electron chi connectivity index (χ4n) is 2.92. The Labute approximate surface area is 138 Å². The van der Waals surface area contributed by atoms with E-state index in [0.717, 1.165) is 5.56 Å². The zero-order chi connectivity index (χ0) is 16.9. The van der Waals surface area contributed by atoms with E-state index >= 15 is 0 Å². The molecule has 2 rings (SSSR count). The summed E-state index contributed by atoms with van der Waals surface area (Å²) >= 11 is 0. The summed E-state index contributed by atoms with van der Waals surface area (Å²) in [4.78, 5) is 28.1. The molecule has 0 N–H and O–H groups in total. The smallest absolute Gasteiger partial charge is 0.409 e. The number of rotatable bonds is 4. The number of hydrogen-bond acceptors (Lipinski definition) is 3. The molecule has 126 valence electrons. The average molecular weight is 318 g/mol. The molecule has 1 aromatic carbocycles. The van der Waals surface area contributed by atoms with Gasteiger partial charge >= 0.3 is 6.09 Å². The topological polar surface area (TPSA) is 49.9 Å². The van der Waals surface area contributed by atoms with Gasteiger partial charge in [0.1, 0.15) is 0 Å². The van der Waals surface area contributed by atoms with Crippen molar-refractivity contribution in [3.05, 3.63) is 35.9 Å². The first-order chi connectivity index (χ1) is 10.9. The molecular weight excluding hydrogens is 292 g/mol. The van der Waals surface area contributed by atoms with Gasteiger partial charge in [0.2, 0.25) is 5.91 Å². The Hall–Kier alpha value is -2.04. The van der Waals surface area contributed by atoms with Gasteiger partial charge in [-0.05, 0) is 18.9 Å². The minimum atomic E-state index is -0.451. The Morgan fingerprint density at radius 3 is 2.17 bits per heavy atom. The summed E-state index contributed by atoms with van der Waals surface area (Å²) in [5.41, 5.74) is 0.712. The molecule has 0 aromatic heterocycles. The normalized spacial score (nSPS) is 15.4. The van der Waals surface area contributed by atoms with Crippen LogP contribution in [0.2, 0.25) is 0 Å². The van der Waals surface area contributed by atoms with Crippen LogP contribution >= 0.6 is 0 Å². The van der Waals surface area contributed by atoms with Gasteiger partial charge in [0.05, 0.1) is 6.61 Å². The molecule has 0 unspecified atom stereocenters. The van der Waals surface area contributed by atoms with Crippen LogP contribution in [0, 0.1) is 5.41 Å². The molecule has 1 heterocycles. The van der Waals surface area contributed by atoms with Gasteiger partial charge in [0.15, 0.2) is 0 Å². The maximum atomic E-state index is 12.8. The van der Waals surface area contributed by atoms with Crippen molar-refractivity contribution < 1.29 is 14.3 Å². The van der Waals surface area contributed by atoms with Crippen molar-refractivity contribution in [2.24, 2.45) is 5.41 Å². The van der Waals surface area contributed by atoms with E-state index < -0.39 is 5.41 Å². The van der Waals surface area contributed by atoms with Crippen molar-refractivity contribution in [2.75, 3.05) is 32.8 Å². The second kappa shape index (κ2) is 7.49. The number of carbonyl (C=O) groups excluding carboxylic acids is 2. The monoisotopic (exact) mass is 318 g/mol. The highest BCUT2D eigenvalue weighted by Crippen LogP contribution is 2.25. The molecule has 0 radical (unpaired) electrons. The summed E-state index contributed by atoms with van der Waals surface area (Å²) in [5.74, 6) is 0.143. The number of benzene rings is 1. The highest BCUT2D eigenvalue weighted by Gasteiger charge is 2.34. The lowest BCUT2D eigenvalue weighted by Gasteiger charge is -2.38. The van der Waals surface area contributed by atoms with Crippen molar-refractivity contribution >= 4 is 12.0 Å². The standard InChI is InChI=1S/C18H26N2O3/c1-4-23-17(22)20-12-10-19(11-13-20)16(21)18(2,3)14-15-8-6-5-7-9-15/h5-9H,4,10-14H2,1-3H3. The Balaban J connectivity index is 1.92. The van der Waals surface area contributed by atoms with Crippen molar-refractivity contribution in [1.29, 1.82) is 0 Å². The fourth-order valence-corrected chi connectivity index (χ4v) is 2.92. The van der Waals surface area contributed by atoms with Crippen LogP contribution in [0.1, 0.15) is 26.3 Å². The zero-order valence-electron chi connectivity index (χ0n) is 14.2. The van der Waals surface area contributed by atoms with E-state index in [9.17, 15) is 9.59 Å². The second-order valence-corrected chi connectivity index (χ2v) is 6.52. The molecule has 5 heteroatoms. The number of carbonyl (C=O) groups is 2. The van der Waals surface area contributed by atoms with E-state index in [1.165, 1.54) is 0 Å². The first-order valence-corrected chi connectivity index (χ1v) is 8.19. The molecule has 1 aliphatic heterocycles. The lowest BCUT2D eigenvalue weighted by atomic mass is 9.84. The number of amides is 2.